The second kappa shape index (κ2) is 6.24. The molecule has 5 nitrogen and oxygen atoms in total. The third-order valence-corrected chi connectivity index (χ3v) is 2.87. The SMILES string of the molecule is Cn1ncc(NCCOc2ccccc2)c(Cl)c1=O. The zero-order valence-corrected chi connectivity index (χ0v) is 11.2. The van der Waals surface area contributed by atoms with Crippen LogP contribution in [0.25, 0.3) is 0 Å². The van der Waals surface area contributed by atoms with Gasteiger partial charge in [0.1, 0.15) is 17.4 Å². The lowest BCUT2D eigenvalue weighted by molar-refractivity contribution is 0.333. The molecule has 0 saturated carbocycles. The molecule has 2 rings (SSSR count). The number of ether oxygens (including phenoxy) is 1. The summed E-state index contributed by atoms with van der Waals surface area (Å²) in [6.45, 7) is 0.999. The maximum atomic E-state index is 11.5. The van der Waals surface area contributed by atoms with E-state index in [1.165, 1.54) is 10.9 Å². The summed E-state index contributed by atoms with van der Waals surface area (Å²) in [5.74, 6) is 0.803. The van der Waals surface area contributed by atoms with E-state index in [0.717, 1.165) is 5.75 Å². The molecule has 0 spiro atoms. The molecule has 1 heterocycles. The van der Waals surface area contributed by atoms with Crippen molar-refractivity contribution in [3.8, 4) is 5.75 Å². The lowest BCUT2D eigenvalue weighted by Crippen LogP contribution is -2.22. The molecule has 0 aliphatic rings. The summed E-state index contributed by atoms with van der Waals surface area (Å²) in [6, 6.07) is 9.50. The molecule has 2 aromatic rings. The van der Waals surface area contributed by atoms with Crippen LogP contribution >= 0.6 is 11.6 Å². The summed E-state index contributed by atoms with van der Waals surface area (Å²) in [5.41, 5.74) is 0.192. The second-order valence-electron chi connectivity index (χ2n) is 3.89. The molecule has 0 amide bonds. The Hall–Kier alpha value is -2.01. The smallest absolute Gasteiger partial charge is 0.287 e. The van der Waals surface area contributed by atoms with Gasteiger partial charge in [0, 0.05) is 13.6 Å². The number of rotatable bonds is 5. The Morgan fingerprint density at radius 1 is 1.37 bits per heavy atom. The van der Waals surface area contributed by atoms with Gasteiger partial charge in [-0.1, -0.05) is 29.8 Å². The monoisotopic (exact) mass is 279 g/mol. The van der Waals surface area contributed by atoms with E-state index < -0.39 is 0 Å². The third kappa shape index (κ3) is 3.48. The molecule has 0 aliphatic heterocycles. The van der Waals surface area contributed by atoms with Gasteiger partial charge in [-0.25, -0.2) is 4.68 Å². The molecule has 1 N–H and O–H groups in total. The lowest BCUT2D eigenvalue weighted by Gasteiger charge is -2.09. The molecule has 0 unspecified atom stereocenters. The van der Waals surface area contributed by atoms with Gasteiger partial charge in [0.2, 0.25) is 0 Å². The molecule has 0 fully saturated rings. The number of para-hydroxylation sites is 1. The number of nitrogens with zero attached hydrogens (tertiary/aromatic N) is 2. The van der Waals surface area contributed by atoms with Gasteiger partial charge < -0.3 is 10.1 Å². The van der Waals surface area contributed by atoms with Crippen LogP contribution in [0.4, 0.5) is 5.69 Å². The van der Waals surface area contributed by atoms with E-state index in [0.29, 0.717) is 18.8 Å². The summed E-state index contributed by atoms with van der Waals surface area (Å²) in [6.07, 6.45) is 1.52. The molecule has 0 bridgehead atoms. The Bertz CT molecular complexity index is 599. The summed E-state index contributed by atoms with van der Waals surface area (Å²) in [5, 5.41) is 7.05. The molecule has 100 valence electrons. The fourth-order valence-corrected chi connectivity index (χ4v) is 1.74. The first-order chi connectivity index (χ1) is 9.18. The van der Waals surface area contributed by atoms with Gasteiger partial charge in [0.15, 0.2) is 0 Å². The third-order valence-electron chi connectivity index (χ3n) is 2.51. The highest BCUT2D eigenvalue weighted by molar-refractivity contribution is 6.32. The molecule has 0 aliphatic carbocycles. The van der Waals surface area contributed by atoms with Crippen LogP contribution in [0.15, 0.2) is 41.3 Å². The highest BCUT2D eigenvalue weighted by Crippen LogP contribution is 2.14. The van der Waals surface area contributed by atoms with Gasteiger partial charge in [-0.3, -0.25) is 4.79 Å². The van der Waals surface area contributed by atoms with Crippen molar-refractivity contribution in [3.05, 3.63) is 51.9 Å². The first-order valence-electron chi connectivity index (χ1n) is 5.82. The predicted octanol–water partition coefficient (Wildman–Crippen LogP) is 1.92. The van der Waals surface area contributed by atoms with Crippen molar-refractivity contribution < 1.29 is 4.74 Å². The van der Waals surface area contributed by atoms with Crippen molar-refractivity contribution in [3.63, 3.8) is 0 Å². The van der Waals surface area contributed by atoms with Gasteiger partial charge in [-0.15, -0.1) is 0 Å². The fraction of sp³-hybridized carbons (Fsp3) is 0.231. The Labute approximate surface area is 115 Å². The zero-order valence-electron chi connectivity index (χ0n) is 10.5. The number of hydrogen-bond acceptors (Lipinski definition) is 4. The van der Waals surface area contributed by atoms with Crippen molar-refractivity contribution in [2.45, 2.75) is 0 Å². The van der Waals surface area contributed by atoms with Gasteiger partial charge in [0.05, 0.1) is 11.9 Å². The van der Waals surface area contributed by atoms with Crippen molar-refractivity contribution in [1.82, 2.24) is 9.78 Å². The molecule has 6 heteroatoms. The number of aromatic nitrogens is 2. The average Bonchev–Trinajstić information content (AvgIpc) is 2.44. The Kier molecular flexibility index (Phi) is 4.41. The molecule has 0 atom stereocenters. The van der Waals surface area contributed by atoms with Crippen LogP contribution in [0.3, 0.4) is 0 Å². The van der Waals surface area contributed by atoms with Crippen molar-refractivity contribution in [2.75, 3.05) is 18.5 Å². The van der Waals surface area contributed by atoms with Crippen LogP contribution in [0.2, 0.25) is 5.02 Å². The minimum absolute atomic E-state index is 0.136. The minimum atomic E-state index is -0.323. The predicted molar refractivity (Wildman–Crippen MR) is 74.9 cm³/mol. The number of halogens is 1. The standard InChI is InChI=1S/C13H14ClN3O2/c1-17-13(18)12(14)11(9-16-17)15-7-8-19-10-5-3-2-4-6-10/h2-6,9,15H,7-8H2,1H3. The number of anilines is 1. The minimum Gasteiger partial charge on any atom is -0.492 e. The largest absolute Gasteiger partial charge is 0.492 e. The van der Waals surface area contributed by atoms with E-state index in [1.807, 2.05) is 30.3 Å². The van der Waals surface area contributed by atoms with Crippen LogP contribution in [0.1, 0.15) is 0 Å². The maximum Gasteiger partial charge on any atom is 0.287 e. The van der Waals surface area contributed by atoms with Crippen LogP contribution in [-0.4, -0.2) is 22.9 Å². The molecule has 1 aromatic heterocycles. The van der Waals surface area contributed by atoms with E-state index >= 15 is 0 Å². The molecular weight excluding hydrogens is 266 g/mol. The molecule has 0 saturated heterocycles. The zero-order chi connectivity index (χ0) is 13.7. The van der Waals surface area contributed by atoms with Crippen LogP contribution in [0.5, 0.6) is 5.75 Å². The van der Waals surface area contributed by atoms with Crippen LogP contribution < -0.4 is 15.6 Å². The number of aryl methyl sites for hydroxylation is 1. The van der Waals surface area contributed by atoms with E-state index in [2.05, 4.69) is 10.4 Å². The highest BCUT2D eigenvalue weighted by Gasteiger charge is 2.06. The normalized spacial score (nSPS) is 10.2. The number of hydrogen-bond donors (Lipinski definition) is 1. The second-order valence-corrected chi connectivity index (χ2v) is 4.27. The topological polar surface area (TPSA) is 56.1 Å². The fourth-order valence-electron chi connectivity index (χ4n) is 1.51. The van der Waals surface area contributed by atoms with Crippen LogP contribution in [-0.2, 0) is 7.05 Å². The number of nitrogens with one attached hydrogen (secondary N) is 1. The first-order valence-corrected chi connectivity index (χ1v) is 6.20. The van der Waals surface area contributed by atoms with Crippen LogP contribution in [0, 0.1) is 0 Å². The van der Waals surface area contributed by atoms with E-state index in [4.69, 9.17) is 16.3 Å². The molecular formula is C13H14ClN3O2. The summed E-state index contributed by atoms with van der Waals surface area (Å²) >= 11 is 5.92. The Balaban J connectivity index is 1.87. The average molecular weight is 280 g/mol. The Morgan fingerprint density at radius 2 is 2.11 bits per heavy atom. The van der Waals surface area contributed by atoms with Gasteiger partial charge in [-0.05, 0) is 12.1 Å². The quantitative estimate of drug-likeness (QED) is 0.850. The lowest BCUT2D eigenvalue weighted by atomic mass is 10.3. The molecule has 1 aromatic carbocycles. The van der Waals surface area contributed by atoms with Crippen molar-refractivity contribution >= 4 is 17.3 Å². The number of benzene rings is 1. The summed E-state index contributed by atoms with van der Waals surface area (Å²) in [4.78, 5) is 11.5. The van der Waals surface area contributed by atoms with Gasteiger partial charge in [-0.2, -0.15) is 5.10 Å². The van der Waals surface area contributed by atoms with Gasteiger partial charge >= 0.3 is 0 Å². The van der Waals surface area contributed by atoms with E-state index in [9.17, 15) is 4.79 Å². The summed E-state index contributed by atoms with van der Waals surface area (Å²) in [7, 11) is 1.55. The molecule has 19 heavy (non-hydrogen) atoms. The van der Waals surface area contributed by atoms with Crippen molar-refractivity contribution in [1.29, 1.82) is 0 Å². The Morgan fingerprint density at radius 3 is 2.84 bits per heavy atom. The summed E-state index contributed by atoms with van der Waals surface area (Å²) < 4.78 is 6.70. The first kappa shape index (κ1) is 13.4. The maximum absolute atomic E-state index is 11.5. The highest BCUT2D eigenvalue weighted by atomic mass is 35.5. The van der Waals surface area contributed by atoms with E-state index in [-0.39, 0.29) is 10.6 Å². The molecule has 0 radical (unpaired) electrons. The van der Waals surface area contributed by atoms with Gasteiger partial charge in [0.25, 0.3) is 5.56 Å². The van der Waals surface area contributed by atoms with E-state index in [1.54, 1.807) is 7.05 Å². The van der Waals surface area contributed by atoms with Crippen molar-refractivity contribution in [2.24, 2.45) is 7.05 Å².